The molecule has 0 unspecified atom stereocenters. The molecule has 3 amide bonds. The molecule has 28 heavy (non-hydrogen) atoms. The highest BCUT2D eigenvalue weighted by molar-refractivity contribution is 5.97. The number of nitrogens with zero attached hydrogens (tertiary/aromatic N) is 1. The van der Waals surface area contributed by atoms with Gasteiger partial charge in [0, 0.05) is 42.9 Å². The van der Waals surface area contributed by atoms with Crippen LogP contribution in [0.4, 0.5) is 10.1 Å². The predicted molar refractivity (Wildman–Crippen MR) is 104 cm³/mol. The summed E-state index contributed by atoms with van der Waals surface area (Å²) in [5.74, 6) is -1.07. The fourth-order valence-corrected chi connectivity index (χ4v) is 3.24. The largest absolute Gasteiger partial charge is 0.349 e. The van der Waals surface area contributed by atoms with Crippen LogP contribution in [0.25, 0.3) is 0 Å². The maximum atomic E-state index is 13.3. The number of rotatable bonds is 4. The van der Waals surface area contributed by atoms with E-state index in [1.54, 1.807) is 35.2 Å². The number of carbonyl (C=O) groups is 3. The Labute approximate surface area is 162 Å². The molecular weight excluding hydrogens is 361 g/mol. The molecular formula is C21H22FN3O3. The van der Waals surface area contributed by atoms with Gasteiger partial charge in [0.1, 0.15) is 5.82 Å². The lowest BCUT2D eigenvalue weighted by Gasteiger charge is -2.32. The van der Waals surface area contributed by atoms with Gasteiger partial charge in [0.05, 0.1) is 0 Å². The Kier molecular flexibility index (Phi) is 6.03. The molecule has 3 rings (SSSR count). The minimum absolute atomic E-state index is 0.0643. The Bertz CT molecular complexity index is 892. The van der Waals surface area contributed by atoms with Gasteiger partial charge < -0.3 is 15.5 Å². The number of amides is 3. The summed E-state index contributed by atoms with van der Waals surface area (Å²) in [5, 5.41) is 5.57. The third-order valence-corrected chi connectivity index (χ3v) is 4.63. The molecule has 0 aromatic heterocycles. The summed E-state index contributed by atoms with van der Waals surface area (Å²) in [5.41, 5.74) is 1.37. The van der Waals surface area contributed by atoms with Crippen LogP contribution in [0.3, 0.4) is 0 Å². The molecule has 2 aromatic rings. The SMILES string of the molecule is CC(=O)Nc1cccc(C(=O)N2CCC(NC(=O)c3cccc(F)c3)CC2)c1. The second kappa shape index (κ2) is 8.65. The van der Waals surface area contributed by atoms with Crippen molar-refractivity contribution in [1.82, 2.24) is 10.2 Å². The van der Waals surface area contributed by atoms with E-state index < -0.39 is 5.82 Å². The molecule has 1 saturated heterocycles. The molecule has 0 spiro atoms. The number of nitrogens with one attached hydrogen (secondary N) is 2. The molecule has 0 radical (unpaired) electrons. The van der Waals surface area contributed by atoms with Crippen LogP contribution in [0, 0.1) is 5.82 Å². The monoisotopic (exact) mass is 383 g/mol. The molecule has 0 saturated carbocycles. The second-order valence-electron chi connectivity index (χ2n) is 6.81. The zero-order valence-electron chi connectivity index (χ0n) is 15.6. The molecule has 2 aromatic carbocycles. The van der Waals surface area contributed by atoms with Gasteiger partial charge >= 0.3 is 0 Å². The molecule has 6 nitrogen and oxygen atoms in total. The Hall–Kier alpha value is -3.22. The molecule has 0 atom stereocenters. The van der Waals surface area contributed by atoms with Crippen LogP contribution < -0.4 is 10.6 Å². The topological polar surface area (TPSA) is 78.5 Å². The van der Waals surface area contributed by atoms with Crippen molar-refractivity contribution in [1.29, 1.82) is 0 Å². The molecule has 1 aliphatic heterocycles. The molecule has 2 N–H and O–H groups in total. The average molecular weight is 383 g/mol. The number of anilines is 1. The van der Waals surface area contributed by atoms with Crippen molar-refractivity contribution in [3.8, 4) is 0 Å². The van der Waals surface area contributed by atoms with Crippen LogP contribution in [0.15, 0.2) is 48.5 Å². The lowest BCUT2D eigenvalue weighted by atomic mass is 10.0. The lowest BCUT2D eigenvalue weighted by Crippen LogP contribution is -2.46. The summed E-state index contributed by atoms with van der Waals surface area (Å²) in [6.07, 6.45) is 1.25. The number of benzene rings is 2. The molecule has 146 valence electrons. The van der Waals surface area contributed by atoms with E-state index in [4.69, 9.17) is 0 Å². The van der Waals surface area contributed by atoms with Gasteiger partial charge in [0.15, 0.2) is 0 Å². The van der Waals surface area contributed by atoms with E-state index in [1.807, 2.05) is 0 Å². The van der Waals surface area contributed by atoms with Gasteiger partial charge in [-0.15, -0.1) is 0 Å². The third kappa shape index (κ3) is 4.94. The smallest absolute Gasteiger partial charge is 0.253 e. The Morgan fingerprint density at radius 1 is 1.00 bits per heavy atom. The number of likely N-dealkylation sites (tertiary alicyclic amines) is 1. The van der Waals surface area contributed by atoms with Gasteiger partial charge in [0.25, 0.3) is 11.8 Å². The number of hydrogen-bond acceptors (Lipinski definition) is 3. The Balaban J connectivity index is 1.55. The van der Waals surface area contributed by atoms with E-state index in [9.17, 15) is 18.8 Å². The van der Waals surface area contributed by atoms with Crippen LogP contribution in [0.5, 0.6) is 0 Å². The van der Waals surface area contributed by atoms with Gasteiger partial charge in [-0.3, -0.25) is 14.4 Å². The number of hydrogen-bond donors (Lipinski definition) is 2. The number of carbonyl (C=O) groups excluding carboxylic acids is 3. The zero-order valence-corrected chi connectivity index (χ0v) is 15.6. The van der Waals surface area contributed by atoms with Crippen molar-refractivity contribution in [3.05, 3.63) is 65.5 Å². The summed E-state index contributed by atoms with van der Waals surface area (Å²) in [4.78, 5) is 37.9. The van der Waals surface area contributed by atoms with Crippen LogP contribution >= 0.6 is 0 Å². The third-order valence-electron chi connectivity index (χ3n) is 4.63. The summed E-state index contributed by atoms with van der Waals surface area (Å²) in [6, 6.07) is 12.3. The minimum Gasteiger partial charge on any atom is -0.349 e. The highest BCUT2D eigenvalue weighted by Crippen LogP contribution is 2.17. The lowest BCUT2D eigenvalue weighted by molar-refractivity contribution is -0.114. The summed E-state index contributed by atoms with van der Waals surface area (Å²) >= 11 is 0. The first-order chi connectivity index (χ1) is 13.4. The maximum absolute atomic E-state index is 13.3. The van der Waals surface area contributed by atoms with Crippen LogP contribution in [0.1, 0.15) is 40.5 Å². The van der Waals surface area contributed by atoms with Gasteiger partial charge in [-0.1, -0.05) is 12.1 Å². The fraction of sp³-hybridized carbons (Fsp3) is 0.286. The predicted octanol–water partition coefficient (Wildman–Crippen LogP) is 2.82. The maximum Gasteiger partial charge on any atom is 0.253 e. The number of halogens is 1. The van der Waals surface area contributed by atoms with Crippen molar-refractivity contribution >= 4 is 23.4 Å². The fourth-order valence-electron chi connectivity index (χ4n) is 3.24. The van der Waals surface area contributed by atoms with Gasteiger partial charge in [-0.05, 0) is 49.2 Å². The van der Waals surface area contributed by atoms with E-state index in [0.717, 1.165) is 0 Å². The molecule has 1 aliphatic rings. The summed E-state index contributed by atoms with van der Waals surface area (Å²) < 4.78 is 13.3. The van der Waals surface area contributed by atoms with Gasteiger partial charge in [0.2, 0.25) is 5.91 Å². The van der Waals surface area contributed by atoms with Crippen LogP contribution in [-0.4, -0.2) is 41.8 Å². The highest BCUT2D eigenvalue weighted by atomic mass is 19.1. The van der Waals surface area contributed by atoms with Crippen molar-refractivity contribution in [2.75, 3.05) is 18.4 Å². The molecule has 7 heteroatoms. The van der Waals surface area contributed by atoms with E-state index in [1.165, 1.54) is 25.1 Å². The van der Waals surface area contributed by atoms with E-state index in [-0.39, 0.29) is 29.3 Å². The average Bonchev–Trinajstić information content (AvgIpc) is 2.68. The highest BCUT2D eigenvalue weighted by Gasteiger charge is 2.25. The van der Waals surface area contributed by atoms with Gasteiger partial charge in [-0.25, -0.2) is 4.39 Å². The molecule has 0 bridgehead atoms. The first-order valence-corrected chi connectivity index (χ1v) is 9.16. The first kappa shape index (κ1) is 19.5. The standard InChI is InChI=1S/C21H22FN3O3/c1-14(26)23-19-7-3-5-16(13-19)21(28)25-10-8-18(9-11-25)24-20(27)15-4-2-6-17(22)12-15/h2-7,12-13,18H,8-11H2,1H3,(H,23,26)(H,24,27). The van der Waals surface area contributed by atoms with E-state index in [0.29, 0.717) is 37.2 Å². The van der Waals surface area contributed by atoms with Crippen molar-refractivity contribution in [3.63, 3.8) is 0 Å². The first-order valence-electron chi connectivity index (χ1n) is 9.16. The molecule has 0 aliphatic carbocycles. The Morgan fingerprint density at radius 2 is 1.68 bits per heavy atom. The van der Waals surface area contributed by atoms with Gasteiger partial charge in [-0.2, -0.15) is 0 Å². The summed E-state index contributed by atoms with van der Waals surface area (Å²) in [7, 11) is 0. The number of piperidine rings is 1. The Morgan fingerprint density at radius 3 is 2.36 bits per heavy atom. The van der Waals surface area contributed by atoms with E-state index >= 15 is 0 Å². The van der Waals surface area contributed by atoms with Crippen molar-refractivity contribution in [2.45, 2.75) is 25.8 Å². The van der Waals surface area contributed by atoms with Crippen LogP contribution in [0.2, 0.25) is 0 Å². The van der Waals surface area contributed by atoms with E-state index in [2.05, 4.69) is 10.6 Å². The minimum atomic E-state index is -0.449. The summed E-state index contributed by atoms with van der Waals surface area (Å²) in [6.45, 7) is 2.44. The second-order valence-corrected chi connectivity index (χ2v) is 6.81. The quantitative estimate of drug-likeness (QED) is 0.852. The molecule has 1 fully saturated rings. The normalized spacial score (nSPS) is 14.4. The van der Waals surface area contributed by atoms with Crippen molar-refractivity contribution < 1.29 is 18.8 Å². The van der Waals surface area contributed by atoms with Crippen LogP contribution in [-0.2, 0) is 4.79 Å². The zero-order chi connectivity index (χ0) is 20.1. The van der Waals surface area contributed by atoms with Crippen molar-refractivity contribution in [2.24, 2.45) is 0 Å². The molecule has 1 heterocycles.